The van der Waals surface area contributed by atoms with Gasteiger partial charge in [0.05, 0.1) is 15.6 Å². The van der Waals surface area contributed by atoms with Crippen LogP contribution in [0.2, 0.25) is 15.1 Å². The highest BCUT2D eigenvalue weighted by Crippen LogP contribution is 2.32. The van der Waals surface area contributed by atoms with Crippen LogP contribution < -0.4 is 15.4 Å². The summed E-state index contributed by atoms with van der Waals surface area (Å²) in [5.41, 5.74) is 3.58. The molecule has 0 saturated heterocycles. The third kappa shape index (κ3) is 5.62. The van der Waals surface area contributed by atoms with Gasteiger partial charge in [-0.2, -0.15) is 0 Å². The number of hydrogen-bond donors (Lipinski definition) is 2. The molecular weight excluding hydrogens is 517 g/mol. The second-order valence-electron chi connectivity index (χ2n) is 7.46. The van der Waals surface area contributed by atoms with Gasteiger partial charge in [-0.05, 0) is 80.2 Å². The number of rotatable bonds is 5. The molecular formula is C24H18Cl3N3O3S. The summed E-state index contributed by atoms with van der Waals surface area (Å²) in [6.07, 6.45) is -0.849. The van der Waals surface area contributed by atoms with E-state index in [9.17, 15) is 4.79 Å². The Morgan fingerprint density at radius 3 is 2.59 bits per heavy atom. The standard InChI is InChI=1S/C24H18Cl3N3O3S/c1-12-3-6-16(17(26)9-12)23-29-19-11-15(5-8-21(19)33-23)28-24(34)30-22(31)13(2)32-20-7-4-14(25)10-18(20)27/h3-11,13H,1-2H3,(H2,28,30,31,34). The number of nitrogens with one attached hydrogen (secondary N) is 2. The fourth-order valence-electron chi connectivity index (χ4n) is 3.10. The van der Waals surface area contributed by atoms with Crippen LogP contribution in [0, 0.1) is 6.92 Å². The van der Waals surface area contributed by atoms with Gasteiger partial charge in [0.2, 0.25) is 5.89 Å². The summed E-state index contributed by atoms with van der Waals surface area (Å²) in [5.74, 6) is 0.316. The first kappa shape index (κ1) is 24.3. The predicted molar refractivity (Wildman–Crippen MR) is 140 cm³/mol. The average Bonchev–Trinajstić information content (AvgIpc) is 3.18. The summed E-state index contributed by atoms with van der Waals surface area (Å²) in [7, 11) is 0. The van der Waals surface area contributed by atoms with Gasteiger partial charge in [-0.1, -0.05) is 40.9 Å². The Morgan fingerprint density at radius 2 is 1.85 bits per heavy atom. The van der Waals surface area contributed by atoms with E-state index in [-0.39, 0.29) is 5.11 Å². The second-order valence-corrected chi connectivity index (χ2v) is 9.12. The van der Waals surface area contributed by atoms with Crippen molar-refractivity contribution in [2.24, 2.45) is 0 Å². The lowest BCUT2D eigenvalue weighted by Gasteiger charge is -2.16. The van der Waals surface area contributed by atoms with Crippen molar-refractivity contribution in [3.05, 3.63) is 75.2 Å². The minimum Gasteiger partial charge on any atom is -0.479 e. The molecule has 0 aliphatic carbocycles. The molecule has 1 unspecified atom stereocenters. The highest BCUT2D eigenvalue weighted by atomic mass is 35.5. The van der Waals surface area contributed by atoms with Crippen LogP contribution >= 0.6 is 47.0 Å². The first-order chi connectivity index (χ1) is 16.2. The Kier molecular flexibility index (Phi) is 7.28. The number of aryl methyl sites for hydroxylation is 1. The summed E-state index contributed by atoms with van der Waals surface area (Å²) in [6, 6.07) is 15.7. The van der Waals surface area contributed by atoms with Crippen LogP contribution in [0.4, 0.5) is 5.69 Å². The summed E-state index contributed by atoms with van der Waals surface area (Å²) < 4.78 is 11.5. The summed E-state index contributed by atoms with van der Waals surface area (Å²) in [4.78, 5) is 17.0. The third-order valence-electron chi connectivity index (χ3n) is 4.80. The fraction of sp³-hybridized carbons (Fsp3) is 0.125. The molecule has 0 fully saturated rings. The first-order valence-corrected chi connectivity index (χ1v) is 11.6. The lowest BCUT2D eigenvalue weighted by molar-refractivity contribution is -0.125. The van der Waals surface area contributed by atoms with Crippen molar-refractivity contribution in [1.82, 2.24) is 10.3 Å². The Morgan fingerprint density at radius 1 is 1.06 bits per heavy atom. The van der Waals surface area contributed by atoms with Crippen molar-refractivity contribution in [3.63, 3.8) is 0 Å². The number of fused-ring (bicyclic) bond motifs is 1. The van der Waals surface area contributed by atoms with Gasteiger partial charge >= 0.3 is 0 Å². The minimum atomic E-state index is -0.849. The van der Waals surface area contributed by atoms with E-state index in [0.717, 1.165) is 5.56 Å². The summed E-state index contributed by atoms with van der Waals surface area (Å²) in [6.45, 7) is 3.54. The Bertz CT molecular complexity index is 1410. The van der Waals surface area contributed by atoms with Gasteiger partial charge in [0.15, 0.2) is 16.8 Å². The SMILES string of the molecule is Cc1ccc(-c2nc3cc(NC(=S)NC(=O)C(C)Oc4ccc(Cl)cc4Cl)ccc3o2)c(Cl)c1. The number of nitrogens with zero attached hydrogens (tertiary/aromatic N) is 1. The number of carbonyl (C=O) groups excluding carboxylic acids is 1. The maximum Gasteiger partial charge on any atom is 0.266 e. The molecule has 1 heterocycles. The van der Waals surface area contributed by atoms with Gasteiger partial charge in [-0.3, -0.25) is 10.1 Å². The average molecular weight is 535 g/mol. The van der Waals surface area contributed by atoms with E-state index in [1.807, 2.05) is 25.1 Å². The number of benzene rings is 3. The number of ether oxygens (including phenoxy) is 1. The Labute approximate surface area is 216 Å². The lowest BCUT2D eigenvalue weighted by Crippen LogP contribution is -2.42. The smallest absolute Gasteiger partial charge is 0.266 e. The quantitative estimate of drug-likeness (QED) is 0.267. The Hall–Kier alpha value is -2.84. The topological polar surface area (TPSA) is 76.4 Å². The number of anilines is 1. The molecule has 174 valence electrons. The largest absolute Gasteiger partial charge is 0.479 e. The molecule has 6 nitrogen and oxygen atoms in total. The van der Waals surface area contributed by atoms with Crippen molar-refractivity contribution < 1.29 is 13.9 Å². The molecule has 4 aromatic rings. The minimum absolute atomic E-state index is 0.104. The molecule has 34 heavy (non-hydrogen) atoms. The van der Waals surface area contributed by atoms with Crippen LogP contribution in [0.5, 0.6) is 5.75 Å². The molecule has 0 bridgehead atoms. The van der Waals surface area contributed by atoms with Crippen LogP contribution in [-0.4, -0.2) is 22.1 Å². The number of carbonyl (C=O) groups is 1. The van der Waals surface area contributed by atoms with Crippen molar-refractivity contribution in [1.29, 1.82) is 0 Å². The number of hydrogen-bond acceptors (Lipinski definition) is 5. The zero-order valence-corrected chi connectivity index (χ0v) is 21.1. The van der Waals surface area contributed by atoms with Gasteiger partial charge in [0.1, 0.15) is 11.3 Å². The van der Waals surface area contributed by atoms with Gasteiger partial charge in [-0.15, -0.1) is 0 Å². The molecule has 1 aromatic heterocycles. The Balaban J connectivity index is 1.41. The number of thiocarbonyl (C=S) groups is 1. The van der Waals surface area contributed by atoms with Crippen LogP contribution in [0.3, 0.4) is 0 Å². The maximum absolute atomic E-state index is 12.5. The van der Waals surface area contributed by atoms with E-state index in [0.29, 0.717) is 49.1 Å². The molecule has 1 amide bonds. The van der Waals surface area contributed by atoms with E-state index < -0.39 is 12.0 Å². The van der Waals surface area contributed by atoms with E-state index in [4.69, 9.17) is 56.2 Å². The monoisotopic (exact) mass is 533 g/mol. The van der Waals surface area contributed by atoms with Crippen molar-refractivity contribution in [3.8, 4) is 17.2 Å². The van der Waals surface area contributed by atoms with E-state index in [1.165, 1.54) is 6.07 Å². The van der Waals surface area contributed by atoms with E-state index in [1.54, 1.807) is 37.3 Å². The maximum atomic E-state index is 12.5. The normalized spacial score (nSPS) is 11.8. The zero-order chi connectivity index (χ0) is 24.4. The lowest BCUT2D eigenvalue weighted by atomic mass is 10.1. The van der Waals surface area contributed by atoms with Crippen LogP contribution in [-0.2, 0) is 4.79 Å². The zero-order valence-electron chi connectivity index (χ0n) is 18.0. The second kappa shape index (κ2) is 10.2. The molecule has 10 heteroatoms. The molecule has 0 aliphatic heterocycles. The molecule has 0 radical (unpaired) electrons. The third-order valence-corrected chi connectivity index (χ3v) is 5.85. The molecule has 4 rings (SSSR count). The number of oxazole rings is 1. The van der Waals surface area contributed by atoms with E-state index in [2.05, 4.69) is 15.6 Å². The molecule has 2 N–H and O–H groups in total. The van der Waals surface area contributed by atoms with Crippen LogP contribution in [0.25, 0.3) is 22.6 Å². The van der Waals surface area contributed by atoms with Crippen molar-refractivity contribution in [2.45, 2.75) is 20.0 Å². The van der Waals surface area contributed by atoms with Gasteiger partial charge in [0, 0.05) is 10.7 Å². The van der Waals surface area contributed by atoms with Gasteiger partial charge in [0.25, 0.3) is 5.91 Å². The summed E-state index contributed by atoms with van der Waals surface area (Å²) >= 11 is 23.6. The van der Waals surface area contributed by atoms with Crippen molar-refractivity contribution >= 4 is 74.8 Å². The van der Waals surface area contributed by atoms with Crippen LogP contribution in [0.1, 0.15) is 12.5 Å². The molecule has 0 spiro atoms. The highest BCUT2D eigenvalue weighted by Gasteiger charge is 2.18. The van der Waals surface area contributed by atoms with E-state index >= 15 is 0 Å². The van der Waals surface area contributed by atoms with Gasteiger partial charge in [-0.25, -0.2) is 4.98 Å². The predicted octanol–water partition coefficient (Wildman–Crippen LogP) is 7.04. The van der Waals surface area contributed by atoms with Crippen LogP contribution in [0.15, 0.2) is 59.0 Å². The number of amides is 1. The number of halogens is 3. The number of aromatic nitrogens is 1. The van der Waals surface area contributed by atoms with Crippen molar-refractivity contribution in [2.75, 3.05) is 5.32 Å². The fourth-order valence-corrected chi connectivity index (χ4v) is 4.09. The molecule has 0 saturated carbocycles. The molecule has 1 atom stereocenters. The molecule has 3 aromatic carbocycles. The van der Waals surface area contributed by atoms with Gasteiger partial charge < -0.3 is 14.5 Å². The molecule has 0 aliphatic rings. The highest BCUT2D eigenvalue weighted by molar-refractivity contribution is 7.80. The first-order valence-electron chi connectivity index (χ1n) is 10.1. The summed E-state index contributed by atoms with van der Waals surface area (Å²) in [5, 5.41) is 7.00.